The average Bonchev–Trinajstić information content (AvgIpc) is 3.08. The number of carbonyl (C=O) groups excluding carboxylic acids is 1. The summed E-state index contributed by atoms with van der Waals surface area (Å²) in [6.45, 7) is 5.16. The topological polar surface area (TPSA) is 85.9 Å². The number of nitrogens with one attached hydrogen (secondary N) is 2. The maximum Gasteiger partial charge on any atom is 0.311 e. The Kier molecular flexibility index (Phi) is 5.24. The molecule has 3 rings (SSSR count). The molecule has 0 radical (unpaired) electrons. The zero-order chi connectivity index (χ0) is 18.8. The van der Waals surface area contributed by atoms with Crippen LogP contribution in [-0.4, -0.2) is 31.0 Å². The molecule has 1 unspecified atom stereocenters. The molecule has 2 atom stereocenters. The normalized spacial score (nSPS) is 18.9. The number of carbonyl (C=O) groups is 1. The molecule has 2 aromatic rings. The molecular weight excluding hydrogens is 354 g/mol. The lowest BCUT2D eigenvalue weighted by molar-refractivity contribution is -0.923. The van der Waals surface area contributed by atoms with Gasteiger partial charge in [0, 0.05) is 34.7 Å². The van der Waals surface area contributed by atoms with Gasteiger partial charge in [-0.3, -0.25) is 14.9 Å². The number of fused-ring (bicyclic) bond motifs is 1. The van der Waals surface area contributed by atoms with Gasteiger partial charge in [-0.25, -0.2) is 0 Å². The molecule has 1 aliphatic rings. The van der Waals surface area contributed by atoms with Crippen molar-refractivity contribution in [3.8, 4) is 5.75 Å². The van der Waals surface area contributed by atoms with E-state index in [4.69, 9.17) is 4.74 Å². The van der Waals surface area contributed by atoms with E-state index in [9.17, 15) is 14.9 Å². The van der Waals surface area contributed by atoms with Crippen molar-refractivity contribution in [1.29, 1.82) is 0 Å². The highest BCUT2D eigenvalue weighted by atomic mass is 32.1. The molecule has 0 fully saturated rings. The number of quaternary nitrogens is 1. The van der Waals surface area contributed by atoms with Crippen LogP contribution < -0.4 is 15.0 Å². The first-order valence-corrected chi connectivity index (χ1v) is 9.32. The number of methoxy groups -OCH3 is 1. The van der Waals surface area contributed by atoms with Crippen LogP contribution in [0.4, 0.5) is 11.4 Å². The summed E-state index contributed by atoms with van der Waals surface area (Å²) < 4.78 is 5.08. The van der Waals surface area contributed by atoms with Gasteiger partial charge in [0.1, 0.15) is 6.04 Å². The summed E-state index contributed by atoms with van der Waals surface area (Å²) in [5.74, 6) is 0.0297. The number of ether oxygens (including phenoxy) is 1. The van der Waals surface area contributed by atoms with E-state index in [0.717, 1.165) is 13.0 Å². The summed E-state index contributed by atoms with van der Waals surface area (Å²) in [7, 11) is 1.38. The molecule has 7 nitrogen and oxygen atoms in total. The number of rotatable bonds is 5. The van der Waals surface area contributed by atoms with Gasteiger partial charge in [-0.15, -0.1) is 11.3 Å². The van der Waals surface area contributed by atoms with Crippen molar-refractivity contribution >= 4 is 28.6 Å². The number of nitro groups is 1. The van der Waals surface area contributed by atoms with Gasteiger partial charge in [0.15, 0.2) is 12.3 Å². The molecule has 1 aromatic heterocycles. The molecule has 2 heterocycles. The highest BCUT2D eigenvalue weighted by Gasteiger charge is 2.30. The fraction of sp³-hybridized carbons (Fsp3) is 0.389. The number of thiophene rings is 1. The third-order valence-electron chi connectivity index (χ3n) is 4.92. The number of aryl methyl sites for hydroxylation is 1. The molecule has 0 spiro atoms. The third-order valence-corrected chi connectivity index (χ3v) is 5.91. The van der Waals surface area contributed by atoms with Gasteiger partial charge in [-0.2, -0.15) is 0 Å². The highest BCUT2D eigenvalue weighted by molar-refractivity contribution is 7.10. The van der Waals surface area contributed by atoms with E-state index in [2.05, 4.69) is 23.7 Å². The minimum atomic E-state index is -0.491. The quantitative estimate of drug-likeness (QED) is 0.618. The molecule has 26 heavy (non-hydrogen) atoms. The molecule has 8 heteroatoms. The Morgan fingerprint density at radius 1 is 1.50 bits per heavy atom. The zero-order valence-electron chi connectivity index (χ0n) is 15.0. The second-order valence-electron chi connectivity index (χ2n) is 6.50. The SMILES string of the molecule is COc1cc(NC(=O)C[NH+]2CCc3sccc3[C@@H]2C)c(C)cc1[N+](=O)[O-]. The summed E-state index contributed by atoms with van der Waals surface area (Å²) in [6, 6.07) is 5.36. The van der Waals surface area contributed by atoms with E-state index in [-0.39, 0.29) is 23.4 Å². The Bertz CT molecular complexity index is 849. The van der Waals surface area contributed by atoms with E-state index >= 15 is 0 Å². The Hall–Kier alpha value is -2.45. The van der Waals surface area contributed by atoms with E-state index in [1.54, 1.807) is 18.3 Å². The number of hydrogen-bond acceptors (Lipinski definition) is 5. The number of hydrogen-bond donors (Lipinski definition) is 2. The molecule has 0 aliphatic carbocycles. The second kappa shape index (κ2) is 7.43. The summed E-state index contributed by atoms with van der Waals surface area (Å²) in [6.07, 6.45) is 0.990. The van der Waals surface area contributed by atoms with Gasteiger partial charge in [-0.05, 0) is 30.9 Å². The van der Waals surface area contributed by atoms with Gasteiger partial charge in [0.25, 0.3) is 5.91 Å². The van der Waals surface area contributed by atoms with Crippen molar-refractivity contribution in [3.63, 3.8) is 0 Å². The van der Waals surface area contributed by atoms with Gasteiger partial charge in [0.05, 0.1) is 18.6 Å². The summed E-state index contributed by atoms with van der Waals surface area (Å²) >= 11 is 1.78. The maximum atomic E-state index is 12.5. The van der Waals surface area contributed by atoms with Gasteiger partial charge in [0.2, 0.25) is 0 Å². The first kappa shape index (κ1) is 18.3. The van der Waals surface area contributed by atoms with Crippen molar-refractivity contribution in [1.82, 2.24) is 0 Å². The molecule has 2 N–H and O–H groups in total. The fourth-order valence-electron chi connectivity index (χ4n) is 3.41. The van der Waals surface area contributed by atoms with Crippen molar-refractivity contribution in [2.24, 2.45) is 0 Å². The second-order valence-corrected chi connectivity index (χ2v) is 7.50. The van der Waals surface area contributed by atoms with Crippen molar-refractivity contribution in [2.75, 3.05) is 25.5 Å². The average molecular weight is 376 g/mol. The van der Waals surface area contributed by atoms with Gasteiger partial charge < -0.3 is 15.0 Å². The number of benzene rings is 1. The van der Waals surface area contributed by atoms with Crippen LogP contribution in [0.3, 0.4) is 0 Å². The highest BCUT2D eigenvalue weighted by Crippen LogP contribution is 2.32. The van der Waals surface area contributed by atoms with Crippen LogP contribution >= 0.6 is 11.3 Å². The van der Waals surface area contributed by atoms with Crippen molar-refractivity contribution < 1.29 is 19.4 Å². The van der Waals surface area contributed by atoms with E-state index in [0.29, 0.717) is 17.8 Å². The van der Waals surface area contributed by atoms with Crippen LogP contribution in [-0.2, 0) is 11.2 Å². The first-order chi connectivity index (χ1) is 12.4. The molecular formula is C18H22N3O4S+. The predicted octanol–water partition coefficient (Wildman–Crippen LogP) is 2.11. The summed E-state index contributed by atoms with van der Waals surface area (Å²) in [5, 5.41) is 16.1. The van der Waals surface area contributed by atoms with Crippen LogP contribution in [0.1, 0.15) is 29.0 Å². The minimum Gasteiger partial charge on any atom is -0.490 e. The Morgan fingerprint density at radius 3 is 2.96 bits per heavy atom. The van der Waals surface area contributed by atoms with Crippen molar-refractivity contribution in [3.05, 3.63) is 49.7 Å². The maximum absolute atomic E-state index is 12.5. The van der Waals surface area contributed by atoms with Crippen LogP contribution in [0.15, 0.2) is 23.6 Å². The van der Waals surface area contributed by atoms with Gasteiger partial charge in [-0.1, -0.05) is 0 Å². The minimum absolute atomic E-state index is 0.107. The molecule has 0 saturated heterocycles. The van der Waals surface area contributed by atoms with Crippen LogP contribution in [0.25, 0.3) is 0 Å². The molecule has 1 aliphatic heterocycles. The first-order valence-electron chi connectivity index (χ1n) is 8.44. The van der Waals surface area contributed by atoms with E-state index in [1.165, 1.54) is 34.6 Å². The lowest BCUT2D eigenvalue weighted by atomic mass is 10.0. The number of nitro benzene ring substituents is 1. The number of anilines is 1. The summed E-state index contributed by atoms with van der Waals surface area (Å²) in [4.78, 5) is 25.8. The predicted molar refractivity (Wildman–Crippen MR) is 100 cm³/mol. The fourth-order valence-corrected chi connectivity index (χ4v) is 4.39. The monoisotopic (exact) mass is 376 g/mol. The standard InChI is InChI=1S/C18H21N3O4S/c1-11-8-15(21(23)24)16(25-3)9-14(11)19-18(22)10-20-6-4-17-13(12(20)2)5-7-26-17/h5,7-9,12H,4,6,10H2,1-3H3,(H,19,22)/p+1/t12-/m0/s1. The Labute approximate surface area is 155 Å². The molecule has 0 saturated carbocycles. The lowest BCUT2D eigenvalue weighted by Crippen LogP contribution is -3.14. The summed E-state index contributed by atoms with van der Waals surface area (Å²) in [5.41, 5.74) is 2.39. The Balaban J connectivity index is 1.72. The third kappa shape index (κ3) is 3.56. The smallest absolute Gasteiger partial charge is 0.311 e. The number of amides is 1. The van der Waals surface area contributed by atoms with Crippen LogP contribution in [0.2, 0.25) is 0 Å². The van der Waals surface area contributed by atoms with E-state index < -0.39 is 4.92 Å². The zero-order valence-corrected chi connectivity index (χ0v) is 15.8. The molecule has 0 bridgehead atoms. The van der Waals surface area contributed by atoms with Crippen molar-refractivity contribution in [2.45, 2.75) is 26.3 Å². The van der Waals surface area contributed by atoms with Gasteiger partial charge >= 0.3 is 5.69 Å². The van der Waals surface area contributed by atoms with Crippen LogP contribution in [0.5, 0.6) is 5.75 Å². The molecule has 1 aromatic carbocycles. The molecule has 1 amide bonds. The largest absolute Gasteiger partial charge is 0.490 e. The Morgan fingerprint density at radius 2 is 2.27 bits per heavy atom. The molecule has 138 valence electrons. The van der Waals surface area contributed by atoms with E-state index in [1.807, 2.05) is 0 Å². The lowest BCUT2D eigenvalue weighted by Gasteiger charge is -2.30. The number of nitrogens with zero attached hydrogens (tertiary/aromatic N) is 1. The van der Waals surface area contributed by atoms with Crippen LogP contribution in [0, 0.1) is 17.0 Å².